The molecular formula is C13H12N2O4S. The third kappa shape index (κ3) is 3.00. The van der Waals surface area contributed by atoms with Crippen LogP contribution < -0.4 is 0 Å². The maximum absolute atomic E-state index is 12.2. The zero-order valence-corrected chi connectivity index (χ0v) is 11.5. The van der Waals surface area contributed by atoms with E-state index < -0.39 is 15.8 Å². The molecule has 0 aliphatic carbocycles. The number of hydrogen-bond donors (Lipinski definition) is 1. The lowest BCUT2D eigenvalue weighted by Gasteiger charge is -2.06. The molecule has 0 fully saturated rings. The average molecular weight is 292 g/mol. The second-order valence-electron chi connectivity index (χ2n) is 4.21. The Balaban J connectivity index is 2.40. The lowest BCUT2D eigenvalue weighted by atomic mass is 10.1. The summed E-state index contributed by atoms with van der Waals surface area (Å²) in [5, 5.41) is 9.03. The summed E-state index contributed by atoms with van der Waals surface area (Å²) in [5.41, 5.74) is 0.479. The Labute approximate surface area is 116 Å². The number of hydrogen-bond acceptors (Lipinski definition) is 5. The highest BCUT2D eigenvalue weighted by Crippen LogP contribution is 2.19. The molecule has 2 rings (SSSR count). The molecule has 1 aromatic carbocycles. The molecule has 0 radical (unpaired) electrons. The second-order valence-corrected chi connectivity index (χ2v) is 6.20. The standard InChI is InChI=1S/C13H12N2O4S/c1-9-3-4-10(7-11(9)13(16)17)20(18,19)8-12-14-5-2-6-15-12/h2-7H,8H2,1H3,(H,16,17). The van der Waals surface area contributed by atoms with E-state index in [-0.39, 0.29) is 22.0 Å². The second kappa shape index (κ2) is 5.38. The minimum absolute atomic E-state index is 0.0277. The summed E-state index contributed by atoms with van der Waals surface area (Å²) in [6, 6.07) is 5.61. The summed E-state index contributed by atoms with van der Waals surface area (Å²) in [7, 11) is -3.67. The van der Waals surface area contributed by atoms with Gasteiger partial charge in [-0.05, 0) is 30.7 Å². The van der Waals surface area contributed by atoms with Crippen LogP contribution in [0.5, 0.6) is 0 Å². The van der Waals surface area contributed by atoms with Gasteiger partial charge in [-0.25, -0.2) is 23.2 Å². The molecule has 20 heavy (non-hydrogen) atoms. The van der Waals surface area contributed by atoms with Crippen LogP contribution in [-0.4, -0.2) is 29.5 Å². The summed E-state index contributed by atoms with van der Waals surface area (Å²) in [6.45, 7) is 1.61. The zero-order chi connectivity index (χ0) is 14.8. The lowest BCUT2D eigenvalue weighted by Crippen LogP contribution is -2.09. The third-order valence-electron chi connectivity index (χ3n) is 2.74. The SMILES string of the molecule is Cc1ccc(S(=O)(=O)Cc2ncccn2)cc1C(=O)O. The molecule has 0 saturated carbocycles. The van der Waals surface area contributed by atoms with Gasteiger partial charge in [0.1, 0.15) is 11.6 Å². The van der Waals surface area contributed by atoms with Gasteiger partial charge in [0.15, 0.2) is 9.84 Å². The summed E-state index contributed by atoms with van der Waals surface area (Å²) in [4.78, 5) is 18.7. The van der Waals surface area contributed by atoms with Crippen LogP contribution in [0.25, 0.3) is 0 Å². The van der Waals surface area contributed by atoms with Gasteiger partial charge in [-0.1, -0.05) is 6.07 Å². The summed E-state index contributed by atoms with van der Waals surface area (Å²) < 4.78 is 24.4. The fourth-order valence-corrected chi connectivity index (χ4v) is 2.91. The molecule has 0 atom stereocenters. The number of carboxylic acid groups (broad SMARTS) is 1. The molecule has 7 heteroatoms. The number of sulfone groups is 1. The number of nitrogens with zero attached hydrogens (tertiary/aromatic N) is 2. The van der Waals surface area contributed by atoms with Crippen LogP contribution in [0.2, 0.25) is 0 Å². The topological polar surface area (TPSA) is 97.2 Å². The molecule has 0 amide bonds. The number of aryl methyl sites for hydroxylation is 1. The van der Waals surface area contributed by atoms with E-state index in [1.807, 2.05) is 0 Å². The largest absolute Gasteiger partial charge is 0.478 e. The fourth-order valence-electron chi connectivity index (χ4n) is 1.68. The van der Waals surface area contributed by atoms with E-state index in [1.54, 1.807) is 13.0 Å². The molecule has 1 heterocycles. The smallest absolute Gasteiger partial charge is 0.335 e. The monoisotopic (exact) mass is 292 g/mol. The van der Waals surface area contributed by atoms with Gasteiger partial charge in [-0.15, -0.1) is 0 Å². The molecule has 0 unspecified atom stereocenters. The van der Waals surface area contributed by atoms with Crippen LogP contribution in [0.4, 0.5) is 0 Å². The van der Waals surface area contributed by atoms with Gasteiger partial charge in [0, 0.05) is 12.4 Å². The Hall–Kier alpha value is -2.28. The number of carboxylic acids is 1. The van der Waals surface area contributed by atoms with Crippen molar-refractivity contribution in [2.75, 3.05) is 0 Å². The van der Waals surface area contributed by atoms with E-state index >= 15 is 0 Å². The first kappa shape index (κ1) is 14.1. The van der Waals surface area contributed by atoms with Gasteiger partial charge in [0.2, 0.25) is 0 Å². The average Bonchev–Trinajstić information content (AvgIpc) is 2.39. The van der Waals surface area contributed by atoms with Crippen molar-refractivity contribution in [3.8, 4) is 0 Å². The van der Waals surface area contributed by atoms with Crippen molar-refractivity contribution in [1.29, 1.82) is 0 Å². The number of benzene rings is 1. The highest BCUT2D eigenvalue weighted by Gasteiger charge is 2.19. The van der Waals surface area contributed by atoms with Crippen molar-refractivity contribution in [2.24, 2.45) is 0 Å². The maximum Gasteiger partial charge on any atom is 0.335 e. The highest BCUT2D eigenvalue weighted by atomic mass is 32.2. The van der Waals surface area contributed by atoms with E-state index in [2.05, 4.69) is 9.97 Å². The molecule has 0 aliphatic heterocycles. The Bertz CT molecular complexity index is 742. The van der Waals surface area contributed by atoms with E-state index in [4.69, 9.17) is 5.11 Å². The van der Waals surface area contributed by atoms with Crippen LogP contribution in [0.3, 0.4) is 0 Å². The first-order valence-electron chi connectivity index (χ1n) is 5.73. The van der Waals surface area contributed by atoms with Crippen LogP contribution in [0, 0.1) is 6.92 Å². The predicted octanol–water partition coefficient (Wildman–Crippen LogP) is 1.46. The number of carbonyl (C=O) groups is 1. The first-order valence-corrected chi connectivity index (χ1v) is 7.38. The molecule has 104 valence electrons. The predicted molar refractivity (Wildman–Crippen MR) is 71.1 cm³/mol. The quantitative estimate of drug-likeness (QED) is 0.916. The number of aromatic carboxylic acids is 1. The summed E-state index contributed by atoms with van der Waals surface area (Å²) in [6.07, 6.45) is 2.91. The number of rotatable bonds is 4. The van der Waals surface area contributed by atoms with E-state index in [0.717, 1.165) is 6.07 Å². The Morgan fingerprint density at radius 3 is 2.50 bits per heavy atom. The Morgan fingerprint density at radius 2 is 1.90 bits per heavy atom. The van der Waals surface area contributed by atoms with Gasteiger partial charge in [-0.3, -0.25) is 0 Å². The molecule has 0 spiro atoms. The summed E-state index contributed by atoms with van der Waals surface area (Å²) in [5.74, 6) is -1.35. The zero-order valence-electron chi connectivity index (χ0n) is 10.6. The molecule has 1 N–H and O–H groups in total. The molecule has 0 saturated heterocycles. The van der Waals surface area contributed by atoms with Gasteiger partial charge in [0.05, 0.1) is 10.5 Å². The van der Waals surface area contributed by atoms with Crippen molar-refractivity contribution in [2.45, 2.75) is 17.6 Å². The van der Waals surface area contributed by atoms with Crippen molar-refractivity contribution >= 4 is 15.8 Å². The Kier molecular flexibility index (Phi) is 3.80. The van der Waals surface area contributed by atoms with Crippen molar-refractivity contribution in [1.82, 2.24) is 9.97 Å². The van der Waals surface area contributed by atoms with Crippen LogP contribution in [0.15, 0.2) is 41.6 Å². The third-order valence-corrected chi connectivity index (χ3v) is 4.35. The van der Waals surface area contributed by atoms with E-state index in [9.17, 15) is 13.2 Å². The van der Waals surface area contributed by atoms with Crippen molar-refractivity contribution < 1.29 is 18.3 Å². The van der Waals surface area contributed by atoms with Gasteiger partial charge >= 0.3 is 5.97 Å². The number of aromatic nitrogens is 2. The van der Waals surface area contributed by atoms with Gasteiger partial charge in [0.25, 0.3) is 0 Å². The maximum atomic E-state index is 12.2. The van der Waals surface area contributed by atoms with Gasteiger partial charge in [-0.2, -0.15) is 0 Å². The molecule has 1 aromatic heterocycles. The molecule has 0 aliphatic rings. The van der Waals surface area contributed by atoms with Crippen LogP contribution in [-0.2, 0) is 15.6 Å². The first-order chi connectivity index (χ1) is 9.40. The highest BCUT2D eigenvalue weighted by molar-refractivity contribution is 7.90. The van der Waals surface area contributed by atoms with Crippen molar-refractivity contribution in [3.05, 3.63) is 53.6 Å². The van der Waals surface area contributed by atoms with Crippen LogP contribution >= 0.6 is 0 Å². The normalized spacial score (nSPS) is 11.2. The van der Waals surface area contributed by atoms with Crippen molar-refractivity contribution in [3.63, 3.8) is 0 Å². The van der Waals surface area contributed by atoms with Crippen LogP contribution in [0.1, 0.15) is 21.7 Å². The minimum atomic E-state index is -3.67. The minimum Gasteiger partial charge on any atom is -0.478 e. The summed E-state index contributed by atoms with van der Waals surface area (Å²) >= 11 is 0. The lowest BCUT2D eigenvalue weighted by molar-refractivity contribution is 0.0696. The Morgan fingerprint density at radius 1 is 1.25 bits per heavy atom. The molecule has 0 bridgehead atoms. The van der Waals surface area contributed by atoms with E-state index in [1.165, 1.54) is 24.5 Å². The van der Waals surface area contributed by atoms with Gasteiger partial charge < -0.3 is 5.11 Å². The van der Waals surface area contributed by atoms with E-state index in [0.29, 0.717) is 5.56 Å². The molecular weight excluding hydrogens is 280 g/mol. The fraction of sp³-hybridized carbons (Fsp3) is 0.154. The molecule has 6 nitrogen and oxygen atoms in total. The molecule has 2 aromatic rings.